The van der Waals surface area contributed by atoms with Crippen molar-refractivity contribution in [1.82, 2.24) is 5.32 Å². The van der Waals surface area contributed by atoms with Crippen LogP contribution < -0.4 is 10.2 Å². The van der Waals surface area contributed by atoms with Crippen LogP contribution in [0.1, 0.15) is 31.9 Å². The zero-order valence-electron chi connectivity index (χ0n) is 12.0. The van der Waals surface area contributed by atoms with E-state index in [1.807, 2.05) is 0 Å². The molecule has 1 atom stereocenters. The van der Waals surface area contributed by atoms with Crippen LogP contribution in [-0.2, 0) is 0 Å². The number of benzene rings is 1. The van der Waals surface area contributed by atoms with E-state index in [-0.39, 0.29) is 5.54 Å². The molecule has 0 aliphatic carbocycles. The van der Waals surface area contributed by atoms with E-state index in [0.29, 0.717) is 6.04 Å². The minimum atomic E-state index is 0.123. The lowest BCUT2D eigenvalue weighted by molar-refractivity contribution is 0.301. The molecule has 1 heterocycles. The average Bonchev–Trinajstić information content (AvgIpc) is 2.11. The molecular weight excluding hydrogens is 244 g/mol. The van der Waals surface area contributed by atoms with Crippen LogP contribution in [0.2, 0.25) is 5.02 Å². The SMILES string of the molecule is Cc1cc(C)c(N2CC(C)NC(C)(C)C2)c(Cl)c1. The highest BCUT2D eigenvalue weighted by Crippen LogP contribution is 2.33. The monoisotopic (exact) mass is 266 g/mol. The third kappa shape index (κ3) is 2.81. The van der Waals surface area contributed by atoms with Crippen LogP contribution >= 0.6 is 11.6 Å². The molecule has 0 bridgehead atoms. The molecule has 0 amide bonds. The summed E-state index contributed by atoms with van der Waals surface area (Å²) in [5.41, 5.74) is 3.82. The Morgan fingerprint density at radius 3 is 2.56 bits per heavy atom. The van der Waals surface area contributed by atoms with Crippen LogP contribution in [-0.4, -0.2) is 24.7 Å². The minimum absolute atomic E-state index is 0.123. The molecule has 1 aliphatic heterocycles. The van der Waals surface area contributed by atoms with Crippen molar-refractivity contribution >= 4 is 17.3 Å². The van der Waals surface area contributed by atoms with E-state index >= 15 is 0 Å². The molecule has 2 nitrogen and oxygen atoms in total. The summed E-state index contributed by atoms with van der Waals surface area (Å²) in [4.78, 5) is 2.41. The molecule has 100 valence electrons. The van der Waals surface area contributed by atoms with Crippen molar-refractivity contribution in [1.29, 1.82) is 0 Å². The highest BCUT2D eigenvalue weighted by Gasteiger charge is 2.31. The second-order valence-electron chi connectivity index (χ2n) is 6.22. The van der Waals surface area contributed by atoms with Crippen molar-refractivity contribution in [2.45, 2.75) is 46.2 Å². The highest BCUT2D eigenvalue weighted by molar-refractivity contribution is 6.33. The zero-order valence-corrected chi connectivity index (χ0v) is 12.7. The van der Waals surface area contributed by atoms with Crippen molar-refractivity contribution < 1.29 is 0 Å². The summed E-state index contributed by atoms with van der Waals surface area (Å²) in [7, 11) is 0. The van der Waals surface area contributed by atoms with Gasteiger partial charge < -0.3 is 10.2 Å². The van der Waals surface area contributed by atoms with Gasteiger partial charge in [0.15, 0.2) is 0 Å². The van der Waals surface area contributed by atoms with E-state index in [2.05, 4.69) is 57.0 Å². The van der Waals surface area contributed by atoms with E-state index in [4.69, 9.17) is 11.6 Å². The summed E-state index contributed by atoms with van der Waals surface area (Å²) in [6.07, 6.45) is 0. The molecule has 3 heteroatoms. The predicted molar refractivity (Wildman–Crippen MR) is 79.8 cm³/mol. The lowest BCUT2D eigenvalue weighted by Gasteiger charge is -2.44. The molecule has 1 fully saturated rings. The van der Waals surface area contributed by atoms with Gasteiger partial charge in [-0.1, -0.05) is 17.7 Å². The number of anilines is 1. The van der Waals surface area contributed by atoms with Gasteiger partial charge in [-0.25, -0.2) is 0 Å². The van der Waals surface area contributed by atoms with E-state index in [1.54, 1.807) is 0 Å². The quantitative estimate of drug-likeness (QED) is 0.837. The number of halogens is 1. The van der Waals surface area contributed by atoms with Gasteiger partial charge in [0.25, 0.3) is 0 Å². The zero-order chi connectivity index (χ0) is 13.5. The Hall–Kier alpha value is -0.730. The minimum Gasteiger partial charge on any atom is -0.367 e. The van der Waals surface area contributed by atoms with Crippen LogP contribution in [0.25, 0.3) is 0 Å². The lowest BCUT2D eigenvalue weighted by Crippen LogP contribution is -2.61. The predicted octanol–water partition coefficient (Wildman–Crippen LogP) is 3.53. The van der Waals surface area contributed by atoms with Crippen molar-refractivity contribution in [2.75, 3.05) is 18.0 Å². The molecule has 1 N–H and O–H groups in total. The number of hydrogen-bond acceptors (Lipinski definition) is 2. The van der Waals surface area contributed by atoms with Gasteiger partial charge in [0.05, 0.1) is 10.7 Å². The van der Waals surface area contributed by atoms with Crippen LogP contribution in [0, 0.1) is 13.8 Å². The molecular formula is C15H23ClN2. The number of aryl methyl sites for hydroxylation is 2. The van der Waals surface area contributed by atoms with Gasteiger partial charge in [-0.3, -0.25) is 0 Å². The number of hydrogen-bond donors (Lipinski definition) is 1. The third-order valence-electron chi connectivity index (χ3n) is 3.43. The fourth-order valence-electron chi connectivity index (χ4n) is 3.11. The number of nitrogens with zero attached hydrogens (tertiary/aromatic N) is 1. The summed E-state index contributed by atoms with van der Waals surface area (Å²) < 4.78 is 0. The maximum atomic E-state index is 6.45. The summed E-state index contributed by atoms with van der Waals surface area (Å²) in [6, 6.07) is 4.75. The number of rotatable bonds is 1. The fourth-order valence-corrected chi connectivity index (χ4v) is 3.55. The number of piperazine rings is 1. The van der Waals surface area contributed by atoms with Crippen molar-refractivity contribution in [3.8, 4) is 0 Å². The molecule has 0 radical (unpaired) electrons. The highest BCUT2D eigenvalue weighted by atomic mass is 35.5. The standard InChI is InChI=1S/C15H23ClN2/c1-10-6-11(2)14(13(16)7-10)18-8-12(3)17-15(4,5)9-18/h6-7,12,17H,8-9H2,1-5H3. The molecule has 1 aromatic carbocycles. The smallest absolute Gasteiger partial charge is 0.0644 e. The Balaban J connectivity index is 2.37. The van der Waals surface area contributed by atoms with Gasteiger partial charge in [-0.15, -0.1) is 0 Å². The molecule has 18 heavy (non-hydrogen) atoms. The van der Waals surface area contributed by atoms with Crippen LogP contribution in [0.4, 0.5) is 5.69 Å². The van der Waals surface area contributed by atoms with Crippen LogP contribution in [0.3, 0.4) is 0 Å². The van der Waals surface area contributed by atoms with Gasteiger partial charge in [0.1, 0.15) is 0 Å². The van der Waals surface area contributed by atoms with E-state index in [0.717, 1.165) is 18.1 Å². The molecule has 0 aromatic heterocycles. The summed E-state index contributed by atoms with van der Waals surface area (Å²) >= 11 is 6.45. The first-order chi connectivity index (χ1) is 8.28. The van der Waals surface area contributed by atoms with Crippen LogP contribution in [0.15, 0.2) is 12.1 Å². The van der Waals surface area contributed by atoms with Crippen molar-refractivity contribution in [3.05, 3.63) is 28.3 Å². The maximum absolute atomic E-state index is 6.45. The van der Waals surface area contributed by atoms with E-state index < -0.39 is 0 Å². The number of nitrogens with one attached hydrogen (secondary N) is 1. The summed E-state index contributed by atoms with van der Waals surface area (Å²) in [5, 5.41) is 4.49. The summed E-state index contributed by atoms with van der Waals surface area (Å²) in [6.45, 7) is 12.9. The Morgan fingerprint density at radius 2 is 2.00 bits per heavy atom. The Bertz CT molecular complexity index is 431. The first-order valence-electron chi connectivity index (χ1n) is 6.58. The third-order valence-corrected chi connectivity index (χ3v) is 3.72. The van der Waals surface area contributed by atoms with Gasteiger partial charge in [-0.05, 0) is 51.8 Å². The van der Waals surface area contributed by atoms with E-state index in [9.17, 15) is 0 Å². The molecule has 0 saturated carbocycles. The van der Waals surface area contributed by atoms with Crippen molar-refractivity contribution in [3.63, 3.8) is 0 Å². The van der Waals surface area contributed by atoms with Gasteiger partial charge in [0.2, 0.25) is 0 Å². The Morgan fingerprint density at radius 1 is 1.33 bits per heavy atom. The maximum Gasteiger partial charge on any atom is 0.0644 e. The first-order valence-corrected chi connectivity index (χ1v) is 6.96. The Kier molecular flexibility index (Phi) is 3.61. The normalized spacial score (nSPS) is 23.2. The Labute approximate surface area is 115 Å². The fraction of sp³-hybridized carbons (Fsp3) is 0.600. The molecule has 1 unspecified atom stereocenters. The average molecular weight is 267 g/mol. The second kappa shape index (κ2) is 4.75. The summed E-state index contributed by atoms with van der Waals surface area (Å²) in [5.74, 6) is 0. The molecule has 1 aliphatic rings. The molecule has 1 saturated heterocycles. The lowest BCUT2D eigenvalue weighted by atomic mass is 9.97. The topological polar surface area (TPSA) is 15.3 Å². The molecule has 0 spiro atoms. The van der Waals surface area contributed by atoms with Gasteiger partial charge >= 0.3 is 0 Å². The van der Waals surface area contributed by atoms with Gasteiger partial charge in [-0.2, -0.15) is 0 Å². The second-order valence-corrected chi connectivity index (χ2v) is 6.63. The molecule has 1 aromatic rings. The largest absolute Gasteiger partial charge is 0.367 e. The van der Waals surface area contributed by atoms with E-state index in [1.165, 1.54) is 16.8 Å². The van der Waals surface area contributed by atoms with Gasteiger partial charge in [0, 0.05) is 24.7 Å². The van der Waals surface area contributed by atoms with Crippen molar-refractivity contribution in [2.24, 2.45) is 0 Å². The first kappa shape index (κ1) is 13.7. The van der Waals surface area contributed by atoms with Crippen LogP contribution in [0.5, 0.6) is 0 Å². The molecule has 2 rings (SSSR count).